The third-order valence-corrected chi connectivity index (χ3v) is 9.69. The molecule has 10 aromatic rings. The third-order valence-electron chi connectivity index (χ3n) is 9.69. The van der Waals surface area contributed by atoms with E-state index in [1.54, 1.807) is 0 Å². The Morgan fingerprint density at radius 2 is 1.27 bits per heavy atom. The molecule has 0 saturated heterocycles. The van der Waals surface area contributed by atoms with Crippen molar-refractivity contribution in [3.05, 3.63) is 151 Å². The second-order valence-corrected chi connectivity index (χ2v) is 12.3. The van der Waals surface area contributed by atoms with Gasteiger partial charge in [-0.2, -0.15) is 5.26 Å². The highest BCUT2D eigenvalue weighted by Gasteiger charge is 2.22. The standard InChI is InChI=1S/C43H26N4O/c44-25-26-17-20-36-32(23-26)29-11-4-6-14-35(29)47(36)38-15-8-13-34(45)41(38)27-18-21-37-33(24-27)42-39(46(37)28-9-2-1-3-10-28)22-19-31-30-12-5-7-16-40(30)48-43(31)42/h1-24H,45H2. The van der Waals surface area contributed by atoms with E-state index < -0.39 is 0 Å². The fourth-order valence-electron chi connectivity index (χ4n) is 7.66. The molecule has 0 unspecified atom stereocenters. The van der Waals surface area contributed by atoms with Crippen LogP contribution in [0.25, 0.3) is 88.1 Å². The maximum Gasteiger partial charge on any atom is 0.145 e. The molecule has 10 rings (SSSR count). The lowest BCUT2D eigenvalue weighted by Gasteiger charge is -2.16. The SMILES string of the molecule is N#Cc1ccc2c(c1)c1ccccc1n2-c1cccc(N)c1-c1ccc2c(c1)c1c3oc4ccccc4c3ccc1n2-c1ccccc1. The molecule has 0 spiro atoms. The Morgan fingerprint density at radius 1 is 0.542 bits per heavy atom. The van der Waals surface area contributed by atoms with Gasteiger partial charge in [0.1, 0.15) is 11.2 Å². The Labute approximate surface area is 274 Å². The van der Waals surface area contributed by atoms with Crippen LogP contribution < -0.4 is 5.73 Å². The number of benzene rings is 7. The van der Waals surface area contributed by atoms with Crippen LogP contribution in [0.1, 0.15) is 5.56 Å². The van der Waals surface area contributed by atoms with Crippen LogP contribution in [0.5, 0.6) is 0 Å². The summed E-state index contributed by atoms with van der Waals surface area (Å²) in [6.45, 7) is 0. The molecule has 5 nitrogen and oxygen atoms in total. The number of para-hydroxylation sites is 3. The second-order valence-electron chi connectivity index (χ2n) is 12.3. The van der Waals surface area contributed by atoms with E-state index in [2.05, 4.69) is 106 Å². The lowest BCUT2D eigenvalue weighted by atomic mass is 9.98. The Balaban J connectivity index is 1.31. The number of nitrogens with two attached hydrogens (primary N) is 1. The number of anilines is 1. The Morgan fingerprint density at radius 3 is 2.15 bits per heavy atom. The van der Waals surface area contributed by atoms with Gasteiger partial charge in [-0.1, -0.05) is 66.7 Å². The molecule has 0 bridgehead atoms. The fraction of sp³-hybridized carbons (Fsp3) is 0. The molecule has 0 radical (unpaired) electrons. The van der Waals surface area contributed by atoms with Crippen molar-refractivity contribution in [2.24, 2.45) is 0 Å². The normalized spacial score (nSPS) is 11.8. The molecule has 0 atom stereocenters. The Kier molecular flexibility index (Phi) is 5.43. The van der Waals surface area contributed by atoms with Gasteiger partial charge < -0.3 is 19.3 Å². The summed E-state index contributed by atoms with van der Waals surface area (Å²) in [6, 6.07) is 52.4. The van der Waals surface area contributed by atoms with Crippen LogP contribution in [-0.4, -0.2) is 9.13 Å². The van der Waals surface area contributed by atoms with E-state index in [9.17, 15) is 5.26 Å². The molecule has 3 heterocycles. The molecule has 48 heavy (non-hydrogen) atoms. The van der Waals surface area contributed by atoms with Gasteiger partial charge in [0.2, 0.25) is 0 Å². The highest BCUT2D eigenvalue weighted by Crippen LogP contribution is 2.44. The van der Waals surface area contributed by atoms with E-state index in [4.69, 9.17) is 10.2 Å². The van der Waals surface area contributed by atoms with E-state index >= 15 is 0 Å². The number of hydrogen-bond acceptors (Lipinski definition) is 3. The number of fused-ring (bicyclic) bond motifs is 10. The Bertz CT molecular complexity index is 2970. The molecule has 0 saturated carbocycles. The monoisotopic (exact) mass is 614 g/mol. The summed E-state index contributed by atoms with van der Waals surface area (Å²) in [4.78, 5) is 0. The predicted octanol–water partition coefficient (Wildman–Crippen LogP) is 10.9. The van der Waals surface area contributed by atoms with Crippen molar-refractivity contribution in [3.8, 4) is 28.6 Å². The minimum absolute atomic E-state index is 0.635. The van der Waals surface area contributed by atoms with Gasteiger partial charge in [0.05, 0.1) is 44.8 Å². The van der Waals surface area contributed by atoms with Crippen LogP contribution in [0.2, 0.25) is 0 Å². The van der Waals surface area contributed by atoms with Crippen molar-refractivity contribution >= 4 is 71.2 Å². The van der Waals surface area contributed by atoms with Gasteiger partial charge >= 0.3 is 0 Å². The fourth-order valence-corrected chi connectivity index (χ4v) is 7.66. The topological polar surface area (TPSA) is 72.8 Å². The number of nitrogen functional groups attached to an aromatic ring is 1. The average Bonchev–Trinajstić information content (AvgIpc) is 3.79. The molecular weight excluding hydrogens is 589 g/mol. The molecule has 0 fully saturated rings. The first-order chi connectivity index (χ1) is 23.7. The van der Waals surface area contributed by atoms with Gasteiger partial charge in [-0.15, -0.1) is 0 Å². The smallest absolute Gasteiger partial charge is 0.145 e. The van der Waals surface area contributed by atoms with Gasteiger partial charge in [-0.25, -0.2) is 0 Å². The third kappa shape index (κ3) is 3.60. The molecule has 0 aliphatic rings. The largest absolute Gasteiger partial charge is 0.455 e. The number of nitrogens with zero attached hydrogens (tertiary/aromatic N) is 3. The number of aromatic nitrogens is 2. The molecule has 5 heteroatoms. The van der Waals surface area contributed by atoms with Gasteiger partial charge in [0, 0.05) is 43.9 Å². The summed E-state index contributed by atoms with van der Waals surface area (Å²) in [5, 5.41) is 16.2. The molecule has 0 amide bonds. The first kappa shape index (κ1) is 26.4. The van der Waals surface area contributed by atoms with Crippen molar-refractivity contribution in [3.63, 3.8) is 0 Å². The number of nitriles is 1. The first-order valence-electron chi connectivity index (χ1n) is 16.0. The number of furan rings is 1. The highest BCUT2D eigenvalue weighted by atomic mass is 16.3. The summed E-state index contributed by atoms with van der Waals surface area (Å²) in [7, 11) is 0. The van der Waals surface area contributed by atoms with Crippen molar-refractivity contribution in [2.45, 2.75) is 0 Å². The van der Waals surface area contributed by atoms with Gasteiger partial charge in [-0.05, 0) is 84.4 Å². The second kappa shape index (κ2) is 9.86. The van der Waals surface area contributed by atoms with Gasteiger partial charge in [0.15, 0.2) is 0 Å². The lowest BCUT2D eigenvalue weighted by molar-refractivity contribution is 0.673. The summed E-state index contributed by atoms with van der Waals surface area (Å²) < 4.78 is 11.2. The lowest BCUT2D eigenvalue weighted by Crippen LogP contribution is -2.01. The van der Waals surface area contributed by atoms with E-state index in [1.165, 1.54) is 0 Å². The van der Waals surface area contributed by atoms with E-state index in [-0.39, 0.29) is 0 Å². The zero-order chi connectivity index (χ0) is 31.9. The van der Waals surface area contributed by atoms with Crippen LogP contribution in [0, 0.1) is 11.3 Å². The van der Waals surface area contributed by atoms with Crippen molar-refractivity contribution < 1.29 is 4.42 Å². The molecule has 224 valence electrons. The summed E-state index contributed by atoms with van der Waals surface area (Å²) in [6.07, 6.45) is 0. The van der Waals surface area contributed by atoms with Crippen LogP contribution in [0.3, 0.4) is 0 Å². The van der Waals surface area contributed by atoms with E-state index in [1.807, 2.05) is 54.6 Å². The molecule has 3 aromatic heterocycles. The maximum absolute atomic E-state index is 9.68. The molecular formula is C43H26N4O. The van der Waals surface area contributed by atoms with Crippen molar-refractivity contribution in [1.82, 2.24) is 9.13 Å². The zero-order valence-corrected chi connectivity index (χ0v) is 25.7. The Hall–Kier alpha value is -6.77. The van der Waals surface area contributed by atoms with Crippen molar-refractivity contribution in [2.75, 3.05) is 5.73 Å². The minimum atomic E-state index is 0.635. The molecule has 0 aliphatic heterocycles. The summed E-state index contributed by atoms with van der Waals surface area (Å²) in [5.41, 5.74) is 18.2. The van der Waals surface area contributed by atoms with Crippen LogP contribution in [0.4, 0.5) is 5.69 Å². The van der Waals surface area contributed by atoms with Crippen LogP contribution in [-0.2, 0) is 0 Å². The van der Waals surface area contributed by atoms with Crippen LogP contribution in [0.15, 0.2) is 150 Å². The number of rotatable bonds is 3. The minimum Gasteiger partial charge on any atom is -0.455 e. The predicted molar refractivity (Wildman–Crippen MR) is 197 cm³/mol. The summed E-state index contributed by atoms with van der Waals surface area (Å²) >= 11 is 0. The highest BCUT2D eigenvalue weighted by molar-refractivity contribution is 6.24. The maximum atomic E-state index is 9.68. The summed E-state index contributed by atoms with van der Waals surface area (Å²) in [5.74, 6) is 0. The average molecular weight is 615 g/mol. The van der Waals surface area contributed by atoms with Crippen molar-refractivity contribution in [1.29, 1.82) is 5.26 Å². The quantitative estimate of drug-likeness (QED) is 0.201. The first-order valence-corrected chi connectivity index (χ1v) is 16.0. The van der Waals surface area contributed by atoms with Gasteiger partial charge in [-0.3, -0.25) is 0 Å². The van der Waals surface area contributed by atoms with E-state index in [0.29, 0.717) is 11.3 Å². The molecule has 0 aliphatic carbocycles. The van der Waals surface area contributed by atoms with E-state index in [0.717, 1.165) is 88.1 Å². The molecule has 2 N–H and O–H groups in total. The molecule has 7 aromatic carbocycles. The zero-order valence-electron chi connectivity index (χ0n) is 25.7. The van der Waals surface area contributed by atoms with Crippen LogP contribution >= 0.6 is 0 Å². The number of hydrogen-bond donors (Lipinski definition) is 1. The van der Waals surface area contributed by atoms with Gasteiger partial charge in [0.25, 0.3) is 0 Å².